The van der Waals surface area contributed by atoms with Crippen LogP contribution in [0.1, 0.15) is 22.3 Å². The number of carbonyl (C=O) groups excluding carboxylic acids is 1. The normalized spacial score (nSPS) is 20.3. The lowest BCUT2D eigenvalue weighted by Gasteiger charge is -2.30. The standard InChI is InChI=1S/C16H14O2S/c1-18-16(17)14-11-7-9-12(10-8-11)15(14)19-13-5-3-2-4-6-13/h2-10,14-15H,1H3. The van der Waals surface area contributed by atoms with Crippen molar-refractivity contribution in [1.82, 2.24) is 0 Å². The summed E-state index contributed by atoms with van der Waals surface area (Å²) in [5.41, 5.74) is 2.22. The van der Waals surface area contributed by atoms with Gasteiger partial charge >= 0.3 is 5.97 Å². The van der Waals surface area contributed by atoms with Gasteiger partial charge in [0, 0.05) is 4.90 Å². The van der Waals surface area contributed by atoms with Gasteiger partial charge in [-0.05, 0) is 23.3 Å². The summed E-state index contributed by atoms with van der Waals surface area (Å²) in [6.45, 7) is 0. The van der Waals surface area contributed by atoms with Gasteiger partial charge in [0.2, 0.25) is 0 Å². The van der Waals surface area contributed by atoms with E-state index in [4.69, 9.17) is 4.74 Å². The van der Waals surface area contributed by atoms with E-state index in [2.05, 4.69) is 24.3 Å². The average Bonchev–Trinajstić information content (AvgIpc) is 2.49. The Morgan fingerprint density at radius 2 is 1.63 bits per heavy atom. The molecule has 2 atom stereocenters. The molecule has 4 rings (SSSR count). The van der Waals surface area contributed by atoms with Crippen LogP contribution in [0.3, 0.4) is 0 Å². The Morgan fingerprint density at radius 3 is 2.26 bits per heavy atom. The maximum Gasteiger partial charge on any atom is 0.314 e. The number of hydrogen-bond acceptors (Lipinski definition) is 3. The molecule has 0 aliphatic heterocycles. The molecule has 0 saturated carbocycles. The number of thioether (sulfide) groups is 1. The highest BCUT2D eigenvalue weighted by molar-refractivity contribution is 7.99. The fourth-order valence-electron chi connectivity index (χ4n) is 2.43. The van der Waals surface area contributed by atoms with E-state index in [1.807, 2.05) is 30.3 Å². The largest absolute Gasteiger partial charge is 0.469 e. The van der Waals surface area contributed by atoms with E-state index >= 15 is 0 Å². The Labute approximate surface area is 116 Å². The number of fused-ring (bicyclic) bond motifs is 3. The molecule has 0 radical (unpaired) electrons. The maximum absolute atomic E-state index is 12.0. The van der Waals surface area contributed by atoms with Crippen LogP contribution in [0.2, 0.25) is 0 Å². The minimum Gasteiger partial charge on any atom is -0.469 e. The second kappa shape index (κ2) is 5.10. The molecule has 0 N–H and O–H groups in total. The van der Waals surface area contributed by atoms with Crippen LogP contribution in [0.4, 0.5) is 0 Å². The van der Waals surface area contributed by atoms with Crippen LogP contribution in [-0.4, -0.2) is 13.1 Å². The van der Waals surface area contributed by atoms with Crippen LogP contribution in [0, 0.1) is 0 Å². The van der Waals surface area contributed by atoms with Crippen molar-refractivity contribution >= 4 is 17.7 Å². The third-order valence-electron chi connectivity index (χ3n) is 3.39. The Hall–Kier alpha value is -1.74. The number of carbonyl (C=O) groups is 1. The molecule has 0 fully saturated rings. The molecule has 2 unspecified atom stereocenters. The number of rotatable bonds is 3. The van der Waals surface area contributed by atoms with E-state index in [-0.39, 0.29) is 17.1 Å². The SMILES string of the molecule is COC(=O)C1c2ccc(cc2)C1Sc1ccccc1. The van der Waals surface area contributed by atoms with Crippen LogP contribution in [0.5, 0.6) is 0 Å². The summed E-state index contributed by atoms with van der Waals surface area (Å²) in [6, 6.07) is 18.4. The molecule has 2 aliphatic rings. The zero-order valence-electron chi connectivity index (χ0n) is 10.6. The van der Waals surface area contributed by atoms with E-state index in [1.165, 1.54) is 17.6 Å². The molecule has 19 heavy (non-hydrogen) atoms. The number of benzene rings is 2. The minimum absolute atomic E-state index is 0.111. The van der Waals surface area contributed by atoms with Crippen LogP contribution < -0.4 is 0 Å². The van der Waals surface area contributed by atoms with Gasteiger partial charge in [0.1, 0.15) is 0 Å². The molecule has 96 valence electrons. The van der Waals surface area contributed by atoms with E-state index in [9.17, 15) is 4.79 Å². The van der Waals surface area contributed by atoms with Crippen LogP contribution in [-0.2, 0) is 9.53 Å². The lowest BCUT2D eigenvalue weighted by atomic mass is 9.85. The van der Waals surface area contributed by atoms with Gasteiger partial charge in [-0.25, -0.2) is 0 Å². The van der Waals surface area contributed by atoms with Crippen molar-refractivity contribution in [1.29, 1.82) is 0 Å². The summed E-state index contributed by atoms with van der Waals surface area (Å²) >= 11 is 1.72. The highest BCUT2D eigenvalue weighted by Crippen LogP contribution is 2.49. The summed E-state index contributed by atoms with van der Waals surface area (Å²) < 4.78 is 4.96. The van der Waals surface area contributed by atoms with Gasteiger partial charge in [0.25, 0.3) is 0 Å². The molecule has 2 nitrogen and oxygen atoms in total. The van der Waals surface area contributed by atoms with E-state index in [0.29, 0.717) is 0 Å². The van der Waals surface area contributed by atoms with Crippen molar-refractivity contribution in [2.24, 2.45) is 0 Å². The molecule has 0 amide bonds. The summed E-state index contributed by atoms with van der Waals surface area (Å²) in [5, 5.41) is 0.111. The summed E-state index contributed by atoms with van der Waals surface area (Å²) in [7, 11) is 1.45. The van der Waals surface area contributed by atoms with Crippen molar-refractivity contribution in [3.05, 3.63) is 65.7 Å². The Bertz CT molecular complexity index is 577. The molecule has 2 bridgehead atoms. The number of hydrogen-bond donors (Lipinski definition) is 0. The van der Waals surface area contributed by atoms with Gasteiger partial charge in [-0.2, -0.15) is 0 Å². The van der Waals surface area contributed by atoms with Crippen LogP contribution in [0.15, 0.2) is 59.5 Å². The minimum atomic E-state index is -0.194. The van der Waals surface area contributed by atoms with Crippen molar-refractivity contribution in [3.8, 4) is 0 Å². The summed E-state index contributed by atoms with van der Waals surface area (Å²) in [5.74, 6) is -0.352. The highest BCUT2D eigenvalue weighted by atomic mass is 32.2. The Kier molecular flexibility index (Phi) is 3.30. The first-order chi connectivity index (χ1) is 9.29. The van der Waals surface area contributed by atoms with Gasteiger partial charge < -0.3 is 4.74 Å². The molecule has 3 heteroatoms. The molecular weight excluding hydrogens is 256 g/mol. The highest BCUT2D eigenvalue weighted by Gasteiger charge is 2.36. The molecule has 0 aromatic heterocycles. The monoisotopic (exact) mass is 270 g/mol. The van der Waals surface area contributed by atoms with Crippen LogP contribution in [0.25, 0.3) is 0 Å². The number of esters is 1. The maximum atomic E-state index is 12.0. The van der Waals surface area contributed by atoms with Gasteiger partial charge in [-0.15, -0.1) is 11.8 Å². The fraction of sp³-hybridized carbons (Fsp3) is 0.188. The third kappa shape index (κ3) is 2.26. The number of ether oxygens (including phenoxy) is 1. The molecule has 2 aliphatic carbocycles. The Morgan fingerprint density at radius 1 is 1.00 bits per heavy atom. The smallest absolute Gasteiger partial charge is 0.314 e. The van der Waals surface area contributed by atoms with Crippen molar-refractivity contribution in [3.63, 3.8) is 0 Å². The van der Waals surface area contributed by atoms with Gasteiger partial charge in [0.05, 0.1) is 18.3 Å². The van der Waals surface area contributed by atoms with Gasteiger partial charge in [-0.3, -0.25) is 4.79 Å². The quantitative estimate of drug-likeness (QED) is 0.794. The first kappa shape index (κ1) is 12.3. The van der Waals surface area contributed by atoms with Crippen molar-refractivity contribution in [2.75, 3.05) is 7.11 Å². The predicted molar refractivity (Wildman–Crippen MR) is 76.2 cm³/mol. The number of methoxy groups -OCH3 is 1. The zero-order valence-corrected chi connectivity index (χ0v) is 11.4. The fourth-order valence-corrected chi connectivity index (χ4v) is 3.73. The molecule has 0 saturated heterocycles. The molecule has 2 aromatic carbocycles. The molecule has 2 aromatic rings. The second-order valence-corrected chi connectivity index (χ2v) is 5.73. The van der Waals surface area contributed by atoms with Crippen LogP contribution >= 0.6 is 11.8 Å². The first-order valence-electron chi connectivity index (χ1n) is 6.19. The first-order valence-corrected chi connectivity index (χ1v) is 7.07. The van der Waals surface area contributed by atoms with E-state index in [1.54, 1.807) is 11.8 Å². The lowest BCUT2D eigenvalue weighted by Crippen LogP contribution is -2.23. The summed E-state index contributed by atoms with van der Waals surface area (Å²) in [6.07, 6.45) is 0. The topological polar surface area (TPSA) is 26.3 Å². The molecule has 0 heterocycles. The lowest BCUT2D eigenvalue weighted by molar-refractivity contribution is -0.142. The third-order valence-corrected chi connectivity index (χ3v) is 4.73. The summed E-state index contributed by atoms with van der Waals surface area (Å²) in [4.78, 5) is 13.2. The zero-order chi connectivity index (χ0) is 13.2. The van der Waals surface area contributed by atoms with Gasteiger partial charge in [0.15, 0.2) is 0 Å². The van der Waals surface area contributed by atoms with Gasteiger partial charge in [-0.1, -0.05) is 42.5 Å². The Balaban J connectivity index is 1.93. The van der Waals surface area contributed by atoms with Crippen molar-refractivity contribution < 1.29 is 9.53 Å². The van der Waals surface area contributed by atoms with E-state index in [0.717, 1.165) is 5.56 Å². The van der Waals surface area contributed by atoms with Crippen molar-refractivity contribution in [2.45, 2.75) is 16.1 Å². The molecule has 0 spiro atoms. The van der Waals surface area contributed by atoms with E-state index < -0.39 is 0 Å². The predicted octanol–water partition coefficient (Wildman–Crippen LogP) is 3.79. The molecular formula is C16H14O2S. The average molecular weight is 270 g/mol. The second-order valence-electron chi connectivity index (χ2n) is 4.52.